The van der Waals surface area contributed by atoms with Crippen molar-refractivity contribution in [3.05, 3.63) is 0 Å². The molecule has 0 bridgehead atoms. The highest BCUT2D eigenvalue weighted by Gasteiger charge is 2.27. The molecule has 2 heterocycles. The number of carbonyl (C=O) groups is 1. The predicted molar refractivity (Wildman–Crippen MR) is 79.5 cm³/mol. The number of β-amino-alcohol motifs (C(OH)–C–C–N with tert-alkyl or cyclic N) is 1. The zero-order valence-corrected chi connectivity index (χ0v) is 12.8. The molecule has 2 saturated heterocycles. The van der Waals surface area contributed by atoms with Gasteiger partial charge in [-0.2, -0.15) is 0 Å². The third-order valence-electron chi connectivity index (χ3n) is 4.50. The van der Waals surface area contributed by atoms with Crippen LogP contribution in [-0.4, -0.2) is 72.7 Å². The summed E-state index contributed by atoms with van der Waals surface area (Å²) in [6.45, 7) is 6.54. The molecule has 2 atom stereocenters. The fraction of sp³-hybridized carbons (Fsp3) is 0.933. The minimum atomic E-state index is -0.246. The van der Waals surface area contributed by atoms with Gasteiger partial charge in [-0.05, 0) is 58.2 Å². The Morgan fingerprint density at radius 1 is 1.40 bits per heavy atom. The Balaban J connectivity index is 1.70. The molecule has 2 unspecified atom stereocenters. The van der Waals surface area contributed by atoms with Gasteiger partial charge in [0.1, 0.15) is 0 Å². The minimum absolute atomic E-state index is 0.0512. The number of likely N-dealkylation sites (tertiary alicyclic amines) is 1. The Bertz CT molecular complexity index is 308. The summed E-state index contributed by atoms with van der Waals surface area (Å²) in [6, 6.07) is 0.0512. The van der Waals surface area contributed by atoms with Crippen LogP contribution in [0.1, 0.15) is 32.6 Å². The number of aliphatic hydroxyl groups excluding tert-OH is 1. The fourth-order valence-electron chi connectivity index (χ4n) is 3.36. The van der Waals surface area contributed by atoms with Gasteiger partial charge in [0.15, 0.2) is 0 Å². The Morgan fingerprint density at radius 2 is 2.10 bits per heavy atom. The molecule has 2 N–H and O–H groups in total. The summed E-state index contributed by atoms with van der Waals surface area (Å²) in [7, 11) is 1.94. The van der Waals surface area contributed by atoms with E-state index < -0.39 is 0 Å². The Morgan fingerprint density at radius 3 is 2.65 bits per heavy atom. The van der Waals surface area contributed by atoms with Crippen molar-refractivity contribution < 1.29 is 9.90 Å². The molecule has 0 spiro atoms. The molecule has 0 aromatic heterocycles. The average Bonchev–Trinajstić information content (AvgIpc) is 2.93. The largest absolute Gasteiger partial charge is 0.392 e. The van der Waals surface area contributed by atoms with Crippen LogP contribution in [-0.2, 0) is 4.79 Å². The molecule has 2 rings (SSSR count). The second kappa shape index (κ2) is 7.38. The van der Waals surface area contributed by atoms with Gasteiger partial charge in [-0.25, -0.2) is 0 Å². The van der Waals surface area contributed by atoms with Crippen LogP contribution in [0.15, 0.2) is 0 Å². The third kappa shape index (κ3) is 4.43. The van der Waals surface area contributed by atoms with Crippen molar-refractivity contribution in [3.8, 4) is 0 Å². The number of hydrogen-bond acceptors (Lipinski definition) is 4. The van der Waals surface area contributed by atoms with Gasteiger partial charge in [-0.3, -0.25) is 4.79 Å². The van der Waals surface area contributed by atoms with Gasteiger partial charge in [-0.1, -0.05) is 0 Å². The first-order valence-electron chi connectivity index (χ1n) is 7.95. The molecular formula is C15H29N3O2. The minimum Gasteiger partial charge on any atom is -0.392 e. The average molecular weight is 283 g/mol. The number of likely N-dealkylation sites (N-methyl/N-ethyl adjacent to an activating group) is 1. The molecule has 5 heteroatoms. The molecule has 0 aromatic rings. The van der Waals surface area contributed by atoms with Gasteiger partial charge in [0.05, 0.1) is 12.1 Å². The molecule has 0 saturated carbocycles. The molecule has 0 aliphatic carbocycles. The topological polar surface area (TPSA) is 55.8 Å². The number of nitrogens with zero attached hydrogens (tertiary/aromatic N) is 2. The van der Waals surface area contributed by atoms with E-state index in [1.54, 1.807) is 0 Å². The van der Waals surface area contributed by atoms with Crippen LogP contribution in [0.2, 0.25) is 0 Å². The van der Waals surface area contributed by atoms with Crippen LogP contribution in [0.25, 0.3) is 0 Å². The van der Waals surface area contributed by atoms with Crippen LogP contribution >= 0.6 is 0 Å². The smallest absolute Gasteiger partial charge is 0.239 e. The SMILES string of the molecule is CC(O)CN1CCC(CN(C)C(=O)C2CCCN2)CC1. The molecule has 5 nitrogen and oxygen atoms in total. The standard InChI is InChI=1S/C15H29N3O2/c1-12(19)10-18-8-5-13(6-9-18)11-17(2)15(20)14-4-3-7-16-14/h12-14,16,19H,3-11H2,1-2H3. The Labute approximate surface area is 122 Å². The van der Waals surface area contributed by atoms with Gasteiger partial charge >= 0.3 is 0 Å². The maximum Gasteiger partial charge on any atom is 0.239 e. The lowest BCUT2D eigenvalue weighted by Crippen LogP contribution is -2.45. The van der Waals surface area contributed by atoms with E-state index in [0.29, 0.717) is 5.92 Å². The maximum atomic E-state index is 12.2. The summed E-state index contributed by atoms with van der Waals surface area (Å²) in [6.07, 6.45) is 4.10. The molecule has 2 aliphatic rings. The van der Waals surface area contributed by atoms with Gasteiger partial charge in [0.2, 0.25) is 5.91 Å². The Kier molecular flexibility index (Phi) is 5.81. The maximum absolute atomic E-state index is 12.2. The number of nitrogens with one attached hydrogen (secondary N) is 1. The van der Waals surface area contributed by atoms with Crippen molar-refractivity contribution in [1.82, 2.24) is 15.1 Å². The summed E-state index contributed by atoms with van der Waals surface area (Å²) in [5, 5.41) is 12.7. The molecule has 0 aromatic carbocycles. The highest BCUT2D eigenvalue weighted by molar-refractivity contribution is 5.81. The first-order valence-corrected chi connectivity index (χ1v) is 7.95. The zero-order valence-electron chi connectivity index (χ0n) is 12.8. The highest BCUT2D eigenvalue weighted by atomic mass is 16.3. The van der Waals surface area contributed by atoms with Gasteiger partial charge in [-0.15, -0.1) is 0 Å². The van der Waals surface area contributed by atoms with Crippen molar-refractivity contribution in [2.24, 2.45) is 5.92 Å². The van der Waals surface area contributed by atoms with Crippen molar-refractivity contribution >= 4 is 5.91 Å². The molecule has 20 heavy (non-hydrogen) atoms. The van der Waals surface area contributed by atoms with Gasteiger partial charge < -0.3 is 20.2 Å². The van der Waals surface area contributed by atoms with Crippen molar-refractivity contribution in [1.29, 1.82) is 0 Å². The molecule has 2 fully saturated rings. The summed E-state index contributed by atoms with van der Waals surface area (Å²) >= 11 is 0. The van der Waals surface area contributed by atoms with Crippen LogP contribution in [0.5, 0.6) is 0 Å². The van der Waals surface area contributed by atoms with Gasteiger partial charge in [0, 0.05) is 20.1 Å². The lowest BCUT2D eigenvalue weighted by atomic mass is 9.96. The number of amides is 1. The van der Waals surface area contributed by atoms with E-state index in [-0.39, 0.29) is 18.1 Å². The van der Waals surface area contributed by atoms with Crippen LogP contribution in [0, 0.1) is 5.92 Å². The number of rotatable bonds is 5. The lowest BCUT2D eigenvalue weighted by Gasteiger charge is -2.34. The summed E-state index contributed by atoms with van der Waals surface area (Å²) < 4.78 is 0. The van der Waals surface area contributed by atoms with Crippen LogP contribution < -0.4 is 5.32 Å². The lowest BCUT2D eigenvalue weighted by molar-refractivity contribution is -0.132. The van der Waals surface area contributed by atoms with E-state index in [2.05, 4.69) is 10.2 Å². The molecule has 0 radical (unpaired) electrons. The normalized spacial score (nSPS) is 26.6. The fourth-order valence-corrected chi connectivity index (χ4v) is 3.36. The molecular weight excluding hydrogens is 254 g/mol. The third-order valence-corrected chi connectivity index (χ3v) is 4.50. The van der Waals surface area contributed by atoms with Crippen molar-refractivity contribution in [2.75, 3.05) is 39.8 Å². The number of aliphatic hydroxyl groups is 1. The number of hydrogen-bond donors (Lipinski definition) is 2. The summed E-state index contributed by atoms with van der Waals surface area (Å²) in [5.41, 5.74) is 0. The quantitative estimate of drug-likeness (QED) is 0.761. The summed E-state index contributed by atoms with van der Waals surface area (Å²) in [5.74, 6) is 0.865. The first kappa shape index (κ1) is 15.7. The van der Waals surface area contributed by atoms with E-state index in [9.17, 15) is 9.90 Å². The number of carbonyl (C=O) groups excluding carboxylic acids is 1. The van der Waals surface area contributed by atoms with Crippen molar-refractivity contribution in [2.45, 2.75) is 44.8 Å². The van der Waals surface area contributed by atoms with Crippen molar-refractivity contribution in [3.63, 3.8) is 0 Å². The first-order chi connectivity index (χ1) is 9.56. The van der Waals surface area contributed by atoms with Crippen LogP contribution in [0.4, 0.5) is 0 Å². The summed E-state index contributed by atoms with van der Waals surface area (Å²) in [4.78, 5) is 16.5. The molecule has 2 aliphatic heterocycles. The van der Waals surface area contributed by atoms with E-state index in [0.717, 1.165) is 58.4 Å². The van der Waals surface area contributed by atoms with E-state index in [1.165, 1.54) is 0 Å². The second-order valence-corrected chi connectivity index (χ2v) is 6.46. The number of piperidine rings is 1. The Hall–Kier alpha value is -0.650. The van der Waals surface area contributed by atoms with E-state index in [1.807, 2.05) is 18.9 Å². The highest BCUT2D eigenvalue weighted by Crippen LogP contribution is 2.19. The van der Waals surface area contributed by atoms with Gasteiger partial charge in [0.25, 0.3) is 0 Å². The zero-order chi connectivity index (χ0) is 14.5. The van der Waals surface area contributed by atoms with E-state index in [4.69, 9.17) is 0 Å². The van der Waals surface area contributed by atoms with E-state index >= 15 is 0 Å². The second-order valence-electron chi connectivity index (χ2n) is 6.46. The predicted octanol–water partition coefficient (Wildman–Crippen LogP) is 0.290. The van der Waals surface area contributed by atoms with Crippen LogP contribution in [0.3, 0.4) is 0 Å². The molecule has 1 amide bonds. The monoisotopic (exact) mass is 283 g/mol. The molecule has 116 valence electrons.